The summed E-state index contributed by atoms with van der Waals surface area (Å²) in [5, 5.41) is 4.94. The van der Waals surface area contributed by atoms with Crippen LogP contribution in [0, 0.1) is 0 Å². The fourth-order valence-electron chi connectivity index (χ4n) is 1.54. The molecular weight excluding hydrogens is 342 g/mol. The van der Waals surface area contributed by atoms with Crippen LogP contribution in [0.5, 0.6) is 0 Å². The first-order valence-corrected chi connectivity index (χ1v) is 8.68. The van der Waals surface area contributed by atoms with Crippen molar-refractivity contribution in [2.24, 2.45) is 0 Å². The number of benzene rings is 1. The Labute approximate surface area is 129 Å². The summed E-state index contributed by atoms with van der Waals surface area (Å²) < 4.78 is 1.08. The first-order valence-electron chi connectivity index (χ1n) is 5.85. The number of hydrogen-bond donors (Lipinski definition) is 1. The maximum Gasteiger partial charge on any atom is 0.230 e. The van der Waals surface area contributed by atoms with Crippen molar-refractivity contribution in [2.45, 2.75) is 12.3 Å². The maximum atomic E-state index is 11.7. The van der Waals surface area contributed by atoms with Crippen molar-refractivity contribution in [1.82, 2.24) is 5.32 Å². The van der Waals surface area contributed by atoms with Crippen LogP contribution in [-0.2, 0) is 17.1 Å². The fraction of sp³-hybridized carbons (Fsp3) is 0.214. The lowest BCUT2D eigenvalue weighted by atomic mass is 10.2. The lowest BCUT2D eigenvalue weighted by Gasteiger charge is -2.04. The molecule has 100 valence electrons. The average molecular weight is 356 g/mol. The normalized spacial score (nSPS) is 10.4. The Morgan fingerprint density at radius 1 is 1.32 bits per heavy atom. The fourth-order valence-corrected chi connectivity index (χ4v) is 3.43. The van der Waals surface area contributed by atoms with E-state index in [1.54, 1.807) is 23.1 Å². The molecular formula is C14H14BrNOS2. The van der Waals surface area contributed by atoms with E-state index >= 15 is 0 Å². The molecule has 0 radical (unpaired) electrons. The molecule has 0 bridgehead atoms. The number of hydrogen-bond acceptors (Lipinski definition) is 3. The molecule has 1 amide bonds. The van der Waals surface area contributed by atoms with Gasteiger partial charge in [-0.3, -0.25) is 4.79 Å². The van der Waals surface area contributed by atoms with E-state index in [0.29, 0.717) is 12.3 Å². The third kappa shape index (κ3) is 5.38. The van der Waals surface area contributed by atoms with Crippen LogP contribution >= 0.6 is 39.0 Å². The molecule has 0 fully saturated rings. The van der Waals surface area contributed by atoms with Gasteiger partial charge in [-0.25, -0.2) is 0 Å². The Morgan fingerprint density at radius 2 is 2.21 bits per heavy atom. The van der Waals surface area contributed by atoms with Gasteiger partial charge in [-0.05, 0) is 29.1 Å². The van der Waals surface area contributed by atoms with Crippen LogP contribution in [0.4, 0.5) is 0 Å². The van der Waals surface area contributed by atoms with Crippen molar-refractivity contribution in [3.8, 4) is 0 Å². The number of rotatable bonds is 6. The van der Waals surface area contributed by atoms with E-state index in [1.807, 2.05) is 29.6 Å². The number of amides is 1. The Morgan fingerprint density at radius 3 is 2.95 bits per heavy atom. The van der Waals surface area contributed by atoms with E-state index < -0.39 is 0 Å². The van der Waals surface area contributed by atoms with E-state index in [1.165, 1.54) is 10.4 Å². The van der Waals surface area contributed by atoms with Crippen molar-refractivity contribution in [3.63, 3.8) is 0 Å². The van der Waals surface area contributed by atoms with Crippen molar-refractivity contribution < 1.29 is 4.79 Å². The van der Waals surface area contributed by atoms with Gasteiger partial charge in [0.05, 0.1) is 12.3 Å². The van der Waals surface area contributed by atoms with Gasteiger partial charge in [-0.1, -0.05) is 34.1 Å². The molecule has 2 aromatic rings. The van der Waals surface area contributed by atoms with E-state index in [9.17, 15) is 4.79 Å². The zero-order valence-electron chi connectivity index (χ0n) is 10.3. The Bertz CT molecular complexity index is 528. The van der Waals surface area contributed by atoms with Gasteiger partial charge in [-0.15, -0.1) is 23.1 Å². The number of carbonyl (C=O) groups excluding carboxylic acids is 1. The molecule has 19 heavy (non-hydrogen) atoms. The zero-order valence-corrected chi connectivity index (χ0v) is 13.5. The summed E-state index contributed by atoms with van der Waals surface area (Å²) in [5.41, 5.74) is 1.23. The van der Waals surface area contributed by atoms with Gasteiger partial charge in [0.1, 0.15) is 0 Å². The summed E-state index contributed by atoms with van der Waals surface area (Å²) in [4.78, 5) is 12.8. The van der Waals surface area contributed by atoms with E-state index in [0.717, 1.165) is 10.2 Å². The molecule has 2 rings (SSSR count). The van der Waals surface area contributed by atoms with Gasteiger partial charge in [0.15, 0.2) is 0 Å². The summed E-state index contributed by atoms with van der Waals surface area (Å²) in [6.07, 6.45) is 0. The second-order valence-electron chi connectivity index (χ2n) is 3.98. The lowest BCUT2D eigenvalue weighted by Crippen LogP contribution is -2.24. The molecule has 5 heteroatoms. The first kappa shape index (κ1) is 14.6. The number of nitrogens with one attached hydrogen (secondary N) is 1. The third-order valence-electron chi connectivity index (χ3n) is 2.43. The van der Waals surface area contributed by atoms with Gasteiger partial charge in [-0.2, -0.15) is 0 Å². The zero-order chi connectivity index (χ0) is 13.5. The number of thiophene rings is 1. The Hall–Kier alpha value is -0.780. The highest BCUT2D eigenvalue weighted by molar-refractivity contribution is 9.10. The van der Waals surface area contributed by atoms with Gasteiger partial charge in [0.2, 0.25) is 5.91 Å². The standard InChI is InChI=1S/C14H14BrNOS2/c15-12-4-1-3-11(7-12)9-18-10-14(17)16-8-13-5-2-6-19-13/h1-7H,8-10H2,(H,16,17). The van der Waals surface area contributed by atoms with E-state index in [2.05, 4.69) is 33.4 Å². The van der Waals surface area contributed by atoms with Crippen molar-refractivity contribution in [2.75, 3.05) is 5.75 Å². The molecule has 2 nitrogen and oxygen atoms in total. The predicted molar refractivity (Wildman–Crippen MR) is 86.5 cm³/mol. The summed E-state index contributed by atoms with van der Waals surface area (Å²) in [7, 11) is 0. The minimum absolute atomic E-state index is 0.0911. The van der Waals surface area contributed by atoms with Crippen LogP contribution in [0.3, 0.4) is 0 Å². The molecule has 0 aliphatic carbocycles. The number of carbonyl (C=O) groups is 1. The minimum atomic E-state index is 0.0911. The van der Waals surface area contributed by atoms with E-state index in [4.69, 9.17) is 0 Å². The second-order valence-corrected chi connectivity index (χ2v) is 6.91. The quantitative estimate of drug-likeness (QED) is 0.846. The van der Waals surface area contributed by atoms with Crippen molar-refractivity contribution in [3.05, 3.63) is 56.7 Å². The monoisotopic (exact) mass is 355 g/mol. The summed E-state index contributed by atoms with van der Waals surface area (Å²) in [6, 6.07) is 12.2. The molecule has 0 unspecified atom stereocenters. The first-order chi connectivity index (χ1) is 9.24. The smallest absolute Gasteiger partial charge is 0.230 e. The molecule has 0 aliphatic rings. The van der Waals surface area contributed by atoms with Crippen LogP contribution in [0.2, 0.25) is 0 Å². The topological polar surface area (TPSA) is 29.1 Å². The molecule has 1 heterocycles. The highest BCUT2D eigenvalue weighted by atomic mass is 79.9. The second kappa shape index (κ2) is 7.72. The van der Waals surface area contributed by atoms with Crippen molar-refractivity contribution >= 4 is 44.9 Å². The van der Waals surface area contributed by atoms with Crippen LogP contribution in [0.15, 0.2) is 46.3 Å². The molecule has 0 spiro atoms. The molecule has 0 saturated carbocycles. The van der Waals surface area contributed by atoms with E-state index in [-0.39, 0.29) is 5.91 Å². The lowest BCUT2D eigenvalue weighted by molar-refractivity contribution is -0.118. The summed E-state index contributed by atoms with van der Waals surface area (Å²) >= 11 is 6.73. The van der Waals surface area contributed by atoms with Gasteiger partial charge < -0.3 is 5.32 Å². The highest BCUT2D eigenvalue weighted by Gasteiger charge is 2.02. The molecule has 0 atom stereocenters. The van der Waals surface area contributed by atoms with Gasteiger partial charge in [0.25, 0.3) is 0 Å². The largest absolute Gasteiger partial charge is 0.350 e. The molecule has 0 aliphatic heterocycles. The van der Waals surface area contributed by atoms with Crippen LogP contribution in [-0.4, -0.2) is 11.7 Å². The van der Waals surface area contributed by atoms with Crippen LogP contribution in [0.25, 0.3) is 0 Å². The molecule has 1 N–H and O–H groups in total. The van der Waals surface area contributed by atoms with Gasteiger partial charge >= 0.3 is 0 Å². The van der Waals surface area contributed by atoms with Crippen LogP contribution < -0.4 is 5.32 Å². The average Bonchev–Trinajstić information content (AvgIpc) is 2.89. The van der Waals surface area contributed by atoms with Crippen molar-refractivity contribution in [1.29, 1.82) is 0 Å². The molecule has 1 aromatic carbocycles. The number of thioether (sulfide) groups is 1. The SMILES string of the molecule is O=C(CSCc1cccc(Br)c1)NCc1cccs1. The summed E-state index contributed by atoms with van der Waals surface area (Å²) in [5.74, 6) is 1.44. The van der Waals surface area contributed by atoms with Crippen LogP contribution in [0.1, 0.15) is 10.4 Å². The number of halogens is 1. The maximum absolute atomic E-state index is 11.7. The third-order valence-corrected chi connectivity index (χ3v) is 4.80. The van der Waals surface area contributed by atoms with Gasteiger partial charge in [0, 0.05) is 15.1 Å². The minimum Gasteiger partial charge on any atom is -0.350 e. The molecule has 1 aromatic heterocycles. The summed E-state index contributed by atoms with van der Waals surface area (Å²) in [6.45, 7) is 0.633. The Balaban J connectivity index is 1.66. The Kier molecular flexibility index (Phi) is 5.94. The highest BCUT2D eigenvalue weighted by Crippen LogP contribution is 2.17. The molecule has 0 saturated heterocycles. The predicted octanol–water partition coefficient (Wildman–Crippen LogP) is 4.06.